The monoisotopic (exact) mass is 1110 g/mol. The number of esters is 1. The van der Waals surface area contributed by atoms with Crippen LogP contribution in [0.25, 0.3) is 33.1 Å². The number of hydrogen-bond donors (Lipinski definition) is 3. The number of hydrogen-bond acceptors (Lipinski definition) is 16. The summed E-state index contributed by atoms with van der Waals surface area (Å²) in [5.41, 5.74) is 5.45. The van der Waals surface area contributed by atoms with E-state index in [1.54, 1.807) is 24.8 Å². The number of likely N-dealkylation sites (N-methyl/N-ethyl adjacent to an activating group) is 1. The molecule has 2 fully saturated rings. The molecule has 6 aliphatic rings. The minimum atomic E-state index is -2.05. The Morgan fingerprint density at radius 2 is 1.77 bits per heavy atom. The summed E-state index contributed by atoms with van der Waals surface area (Å²) in [6.07, 6.45) is 2.57. The molecule has 21 heteroatoms. The second-order valence-corrected chi connectivity index (χ2v) is 22.4. The predicted octanol–water partition coefficient (Wildman–Crippen LogP) is 5.83. The van der Waals surface area contributed by atoms with Crippen molar-refractivity contribution in [3.8, 4) is 23.5 Å². The molecule has 8 heterocycles. The lowest BCUT2D eigenvalue weighted by molar-refractivity contribution is -0.172. The molecule has 3 aromatic carbocycles. The fourth-order valence-electron chi connectivity index (χ4n) is 13.2. The van der Waals surface area contributed by atoms with Gasteiger partial charge in [-0.05, 0) is 106 Å². The number of aliphatic hydroxyl groups is 1. The molecule has 3 amide bonds. The Labute approximate surface area is 472 Å². The van der Waals surface area contributed by atoms with Crippen molar-refractivity contribution in [2.45, 2.75) is 109 Å². The molecule has 5 aliphatic heterocycles. The average molecular weight is 1110 g/mol. The predicted molar refractivity (Wildman–Crippen MR) is 301 cm³/mol. The van der Waals surface area contributed by atoms with E-state index in [2.05, 4.69) is 88.4 Å². The maximum Gasteiger partial charge on any atom is 0.407 e. The summed E-state index contributed by atoms with van der Waals surface area (Å²) in [7, 11) is 2.10. The average Bonchev–Trinajstić information content (AvgIpc) is 3.14. The first-order chi connectivity index (χ1) is 39.5. The van der Waals surface area contributed by atoms with Gasteiger partial charge in [0.15, 0.2) is 5.60 Å². The Hall–Kier alpha value is -8.48. The first-order valence-electron chi connectivity index (χ1n) is 28.1. The van der Waals surface area contributed by atoms with Gasteiger partial charge in [0, 0.05) is 77.0 Å². The number of carbonyl (C=O) groups excluding carboxylic acids is 4. The van der Waals surface area contributed by atoms with Crippen LogP contribution in [-0.2, 0) is 62.0 Å². The number of nitrogens with zero attached hydrogens (tertiary/aromatic N) is 9. The number of benzene rings is 3. The Morgan fingerprint density at radius 1 is 0.951 bits per heavy atom. The number of cyclic esters (lactones) is 1. The number of pyridine rings is 2. The first-order valence-corrected chi connectivity index (χ1v) is 28.1. The van der Waals surface area contributed by atoms with Crippen molar-refractivity contribution in [3.05, 3.63) is 127 Å². The summed E-state index contributed by atoms with van der Waals surface area (Å²) < 4.78 is 34.1. The summed E-state index contributed by atoms with van der Waals surface area (Å²) in [6.45, 7) is 11.8. The van der Waals surface area contributed by atoms with Gasteiger partial charge < -0.3 is 54.1 Å². The van der Waals surface area contributed by atoms with Crippen LogP contribution in [0.4, 0.5) is 20.7 Å². The quantitative estimate of drug-likeness (QED) is 0.0910. The fraction of sp³-hybridized carbons (Fsp3) is 0.426. The fourth-order valence-corrected chi connectivity index (χ4v) is 13.2. The maximum absolute atomic E-state index is 15.5. The van der Waals surface area contributed by atoms with Gasteiger partial charge in [0.05, 0.1) is 65.8 Å². The topological polar surface area (TPSA) is 238 Å². The molecule has 1 aliphatic carbocycles. The third-order valence-electron chi connectivity index (χ3n) is 17.7. The molecule has 2 saturated heterocycles. The number of aromatic nitrogens is 4. The highest BCUT2D eigenvalue weighted by atomic mass is 19.1. The number of halogens is 1. The molecular formula is C61H64FN11O9. The van der Waals surface area contributed by atoms with Crippen molar-refractivity contribution in [3.63, 3.8) is 0 Å². The highest BCUT2D eigenvalue weighted by molar-refractivity contribution is 5.98. The highest BCUT2D eigenvalue weighted by Crippen LogP contribution is 2.46. The Balaban J connectivity index is 0.708. The lowest BCUT2D eigenvalue weighted by Gasteiger charge is -2.42. The van der Waals surface area contributed by atoms with E-state index in [1.807, 2.05) is 0 Å². The van der Waals surface area contributed by atoms with E-state index in [1.165, 1.54) is 27.0 Å². The van der Waals surface area contributed by atoms with Crippen LogP contribution in [-0.4, -0.2) is 130 Å². The van der Waals surface area contributed by atoms with Crippen molar-refractivity contribution in [2.75, 3.05) is 69.3 Å². The summed E-state index contributed by atoms with van der Waals surface area (Å²) in [5, 5.41) is 30.0. The van der Waals surface area contributed by atoms with Gasteiger partial charge in [0.1, 0.15) is 38.0 Å². The Kier molecular flexibility index (Phi) is 14.2. The number of rotatable bonds is 13. The number of nitriles is 1. The van der Waals surface area contributed by atoms with Gasteiger partial charge >= 0.3 is 18.1 Å². The van der Waals surface area contributed by atoms with Crippen LogP contribution < -0.4 is 30.7 Å². The number of likely N-dealkylation sites (tertiary alicyclic amines) is 1. The molecule has 4 atom stereocenters. The first kappa shape index (κ1) is 54.1. The van der Waals surface area contributed by atoms with E-state index < -0.39 is 66.1 Å². The molecule has 3 aromatic heterocycles. The standard InChI is InChI=1S/C61H64FN11O9/c1-6-61(79)43-24-49-54-41(28-73(49)57(76)42(43)32-80-58(61)77)53-45(16-15-39-35(4)44(62)25-46(66-54)52(39)53)65-50(74)26-64-60(78)82-30-34(3)56(75)72-23-22-71(27-37(72)17-19-63)55-40-18-21-70(48-14-8-12-36-11-7-10-33(2)51(36)48)29-47(40)67-59(68-55)81-31-38-13-9-20-69(38)5/h7-8,10-12,14,24-25,37-38,45,79H,3,6,9,13,15-18,20-23,26-32H2,1-2,4-5H3,(H,64,78)(H,65,74)/t37-,38-,45-,61-/m0/s1. The third kappa shape index (κ3) is 9.40. The van der Waals surface area contributed by atoms with Gasteiger partial charge in [-0.15, -0.1) is 0 Å². The molecule has 0 spiro atoms. The van der Waals surface area contributed by atoms with Crippen LogP contribution in [0.15, 0.2) is 65.5 Å². The molecule has 3 N–H and O–H groups in total. The zero-order valence-corrected chi connectivity index (χ0v) is 46.4. The molecule has 0 radical (unpaired) electrons. The molecule has 424 valence electrons. The maximum atomic E-state index is 15.5. The van der Waals surface area contributed by atoms with Crippen LogP contribution in [0.2, 0.25) is 0 Å². The highest BCUT2D eigenvalue weighted by Gasteiger charge is 2.46. The summed E-state index contributed by atoms with van der Waals surface area (Å²) in [4.78, 5) is 91.3. The molecule has 0 saturated carbocycles. The van der Waals surface area contributed by atoms with Crippen molar-refractivity contribution in [1.29, 1.82) is 5.26 Å². The smallest absolute Gasteiger partial charge is 0.407 e. The number of ether oxygens (including phenoxy) is 3. The third-order valence-corrected chi connectivity index (χ3v) is 17.7. The number of nitrogens with one attached hydrogen (secondary N) is 2. The zero-order chi connectivity index (χ0) is 57.3. The van der Waals surface area contributed by atoms with E-state index in [0.717, 1.165) is 54.3 Å². The minimum absolute atomic E-state index is 0.0191. The van der Waals surface area contributed by atoms with Gasteiger partial charge in [0.25, 0.3) is 11.5 Å². The number of amides is 3. The van der Waals surface area contributed by atoms with Gasteiger partial charge in [0.2, 0.25) is 5.91 Å². The molecule has 0 bridgehead atoms. The number of fused-ring (bicyclic) bond motifs is 7. The van der Waals surface area contributed by atoms with Crippen molar-refractivity contribution in [1.82, 2.24) is 40.0 Å². The molecule has 20 nitrogen and oxygen atoms in total. The SMILES string of the molecule is C=C(COC(=O)NCC(=O)N[C@H]1CCc2c(C)c(F)cc3nc4c(c1c23)Cn1c-4cc2c(c1=O)COC(=O)[C@]2(O)CC)C(=O)N1CCN(c2nc(OC[C@@H]3CCCN3C)nc3c2CCN(c2cccc4cccc(C)c24)C3)C[C@@H]1CC#N. The van der Waals surface area contributed by atoms with Crippen molar-refractivity contribution >= 4 is 57.1 Å². The van der Waals surface area contributed by atoms with Gasteiger partial charge in [-0.25, -0.2) is 19.0 Å². The van der Waals surface area contributed by atoms with E-state index >= 15 is 4.39 Å². The second kappa shape index (κ2) is 21.4. The van der Waals surface area contributed by atoms with Crippen LogP contribution in [0.1, 0.15) is 95.3 Å². The van der Waals surface area contributed by atoms with E-state index in [0.29, 0.717) is 90.5 Å². The van der Waals surface area contributed by atoms with Crippen LogP contribution in [0.3, 0.4) is 0 Å². The number of carbonyl (C=O) groups is 4. The summed E-state index contributed by atoms with van der Waals surface area (Å²) in [6, 6.07) is 17.2. The minimum Gasteiger partial charge on any atom is -0.462 e. The molecule has 12 rings (SSSR count). The van der Waals surface area contributed by atoms with Crippen LogP contribution in [0.5, 0.6) is 6.01 Å². The van der Waals surface area contributed by atoms with Crippen molar-refractivity contribution in [2.24, 2.45) is 0 Å². The largest absolute Gasteiger partial charge is 0.462 e. The zero-order valence-electron chi connectivity index (χ0n) is 46.4. The van der Waals surface area contributed by atoms with Gasteiger partial charge in [-0.1, -0.05) is 43.8 Å². The summed E-state index contributed by atoms with van der Waals surface area (Å²) in [5.74, 6) is -1.62. The van der Waals surface area contributed by atoms with Gasteiger partial charge in [-0.2, -0.15) is 15.2 Å². The lowest BCUT2D eigenvalue weighted by Crippen LogP contribution is -2.56. The lowest BCUT2D eigenvalue weighted by atomic mass is 9.81. The number of aryl methyl sites for hydroxylation is 2. The second-order valence-electron chi connectivity index (χ2n) is 22.4. The van der Waals surface area contributed by atoms with Gasteiger partial charge in [-0.3, -0.25) is 14.4 Å². The Bertz CT molecular complexity index is 3800. The van der Waals surface area contributed by atoms with Crippen LogP contribution in [0, 0.1) is 31.0 Å². The molecular weight excluding hydrogens is 1050 g/mol. The number of anilines is 2. The Morgan fingerprint density at radius 3 is 2.55 bits per heavy atom. The molecule has 6 aromatic rings. The summed E-state index contributed by atoms with van der Waals surface area (Å²) >= 11 is 0. The van der Waals surface area contributed by atoms with E-state index in [-0.39, 0.29) is 55.3 Å². The number of piperazine rings is 1. The van der Waals surface area contributed by atoms with Crippen molar-refractivity contribution < 1.29 is 42.9 Å². The number of alkyl carbamates (subject to hydrolysis) is 1. The molecule has 82 heavy (non-hydrogen) atoms. The van der Waals surface area contributed by atoms with Crippen LogP contribution >= 0.6 is 0 Å². The van der Waals surface area contributed by atoms with E-state index in [9.17, 15) is 34.3 Å². The van der Waals surface area contributed by atoms with E-state index in [4.69, 9.17) is 29.2 Å². The normalized spacial score (nSPS) is 20.8. The molecule has 0 unspecified atom stereocenters.